The van der Waals surface area contributed by atoms with Gasteiger partial charge in [-0.1, -0.05) is 0 Å². The Morgan fingerprint density at radius 2 is 2.14 bits per heavy atom. The molecule has 1 N–H and O–H groups in total. The number of hydrogen-bond acceptors (Lipinski definition) is 4. The second-order valence-corrected chi connectivity index (χ2v) is 5.60. The molecule has 21 heavy (non-hydrogen) atoms. The molecule has 0 bridgehead atoms. The summed E-state index contributed by atoms with van der Waals surface area (Å²) in [5.74, 6) is -0.960. The zero-order valence-corrected chi connectivity index (χ0v) is 13.0. The van der Waals surface area contributed by atoms with E-state index >= 15 is 0 Å². The van der Waals surface area contributed by atoms with E-state index in [4.69, 9.17) is 5.11 Å². The summed E-state index contributed by atoms with van der Waals surface area (Å²) in [5.41, 5.74) is 3.23. The molecule has 2 aromatic heterocycles. The molecular weight excluding hydrogens is 286 g/mol. The fraction of sp³-hybridized carbons (Fsp3) is 0.267. The van der Waals surface area contributed by atoms with Gasteiger partial charge in [0.15, 0.2) is 0 Å². The maximum atomic E-state index is 10.5. The third-order valence-corrected chi connectivity index (χ3v) is 3.99. The zero-order valence-electron chi connectivity index (χ0n) is 12.2. The van der Waals surface area contributed by atoms with E-state index < -0.39 is 5.97 Å². The van der Waals surface area contributed by atoms with Crippen LogP contribution in [0.25, 0.3) is 18.2 Å². The largest absolute Gasteiger partial charge is 0.478 e. The number of carboxylic acid groups (broad SMARTS) is 1. The SMILES string of the molecule is CCn1nc(C)c(C=Cc2ncc(C=CC(=O)O)s2)c1C. The van der Waals surface area contributed by atoms with Crippen molar-refractivity contribution in [2.75, 3.05) is 0 Å². The summed E-state index contributed by atoms with van der Waals surface area (Å²) in [6.07, 6.45) is 8.26. The minimum atomic E-state index is -0.960. The summed E-state index contributed by atoms with van der Waals surface area (Å²) >= 11 is 1.44. The van der Waals surface area contributed by atoms with Crippen LogP contribution in [0, 0.1) is 13.8 Å². The van der Waals surface area contributed by atoms with Crippen LogP contribution in [0.5, 0.6) is 0 Å². The van der Waals surface area contributed by atoms with Crippen molar-refractivity contribution in [1.82, 2.24) is 14.8 Å². The van der Waals surface area contributed by atoms with Crippen LogP contribution in [0.1, 0.15) is 33.8 Å². The van der Waals surface area contributed by atoms with E-state index in [1.54, 1.807) is 12.3 Å². The van der Waals surface area contributed by atoms with Crippen molar-refractivity contribution < 1.29 is 9.90 Å². The molecule has 0 aliphatic rings. The van der Waals surface area contributed by atoms with Crippen molar-refractivity contribution in [3.8, 4) is 0 Å². The lowest BCUT2D eigenvalue weighted by molar-refractivity contribution is -0.131. The fourth-order valence-corrected chi connectivity index (χ4v) is 2.75. The van der Waals surface area contributed by atoms with Crippen LogP contribution in [-0.2, 0) is 11.3 Å². The molecule has 0 saturated heterocycles. The molecule has 0 atom stereocenters. The quantitative estimate of drug-likeness (QED) is 0.861. The van der Waals surface area contributed by atoms with Crippen LogP contribution in [0.4, 0.5) is 0 Å². The van der Waals surface area contributed by atoms with Crippen molar-refractivity contribution in [2.24, 2.45) is 0 Å². The summed E-state index contributed by atoms with van der Waals surface area (Å²) < 4.78 is 1.97. The number of hydrogen-bond donors (Lipinski definition) is 1. The Balaban J connectivity index is 2.18. The molecule has 0 aliphatic heterocycles. The highest BCUT2D eigenvalue weighted by Gasteiger charge is 2.07. The van der Waals surface area contributed by atoms with Crippen LogP contribution in [-0.4, -0.2) is 25.8 Å². The molecule has 0 amide bonds. The van der Waals surface area contributed by atoms with E-state index in [0.29, 0.717) is 0 Å². The lowest BCUT2D eigenvalue weighted by Crippen LogP contribution is -1.98. The van der Waals surface area contributed by atoms with Crippen molar-refractivity contribution in [2.45, 2.75) is 27.3 Å². The molecule has 0 aliphatic carbocycles. The first-order valence-electron chi connectivity index (χ1n) is 6.60. The molecule has 6 heteroatoms. The maximum Gasteiger partial charge on any atom is 0.328 e. The Labute approximate surface area is 127 Å². The van der Waals surface area contributed by atoms with Gasteiger partial charge in [-0.2, -0.15) is 5.10 Å². The van der Waals surface area contributed by atoms with E-state index in [-0.39, 0.29) is 0 Å². The Morgan fingerprint density at radius 1 is 1.38 bits per heavy atom. The van der Waals surface area contributed by atoms with Crippen LogP contribution < -0.4 is 0 Å². The number of aliphatic carboxylic acids is 1. The van der Waals surface area contributed by atoms with Gasteiger partial charge in [0.2, 0.25) is 0 Å². The molecule has 0 saturated carbocycles. The minimum absolute atomic E-state index is 0.815. The van der Waals surface area contributed by atoms with Crippen LogP contribution >= 0.6 is 11.3 Å². The summed E-state index contributed by atoms with van der Waals surface area (Å²) in [6.45, 7) is 6.95. The Bertz CT molecular complexity index is 711. The fourth-order valence-electron chi connectivity index (χ4n) is 2.02. The van der Waals surface area contributed by atoms with Gasteiger partial charge in [0.25, 0.3) is 0 Å². The van der Waals surface area contributed by atoms with Gasteiger partial charge < -0.3 is 5.11 Å². The third-order valence-electron chi connectivity index (χ3n) is 3.06. The molecule has 2 heterocycles. The van der Waals surface area contributed by atoms with Gasteiger partial charge >= 0.3 is 5.97 Å². The molecule has 0 radical (unpaired) electrons. The first-order valence-corrected chi connectivity index (χ1v) is 7.41. The molecule has 0 unspecified atom stereocenters. The summed E-state index contributed by atoms with van der Waals surface area (Å²) in [4.78, 5) is 15.5. The lowest BCUT2D eigenvalue weighted by atomic mass is 10.2. The molecule has 0 fully saturated rings. The highest BCUT2D eigenvalue weighted by molar-refractivity contribution is 7.13. The molecular formula is C15H17N3O2S. The van der Waals surface area contributed by atoms with Crippen LogP contribution in [0.2, 0.25) is 0 Å². The topological polar surface area (TPSA) is 68.0 Å². The maximum absolute atomic E-state index is 10.5. The summed E-state index contributed by atoms with van der Waals surface area (Å²) in [5, 5.41) is 13.9. The smallest absolute Gasteiger partial charge is 0.328 e. The number of rotatable bonds is 5. The molecule has 2 aromatic rings. The number of thiazole rings is 1. The summed E-state index contributed by atoms with van der Waals surface area (Å²) in [7, 11) is 0. The lowest BCUT2D eigenvalue weighted by Gasteiger charge is -1.98. The van der Waals surface area contributed by atoms with Gasteiger partial charge in [0.1, 0.15) is 5.01 Å². The Kier molecular flexibility index (Phi) is 4.70. The Hall–Kier alpha value is -2.21. The third kappa shape index (κ3) is 3.66. The zero-order chi connectivity index (χ0) is 15.4. The second kappa shape index (κ2) is 6.49. The normalized spacial score (nSPS) is 11.8. The highest BCUT2D eigenvalue weighted by Crippen LogP contribution is 2.20. The van der Waals surface area contributed by atoms with Gasteiger partial charge in [-0.05, 0) is 39.0 Å². The summed E-state index contributed by atoms with van der Waals surface area (Å²) in [6, 6.07) is 0. The van der Waals surface area contributed by atoms with Gasteiger partial charge in [-0.15, -0.1) is 11.3 Å². The molecule has 2 rings (SSSR count). The van der Waals surface area contributed by atoms with E-state index in [1.165, 1.54) is 11.3 Å². The van der Waals surface area contributed by atoms with E-state index in [1.807, 2.05) is 30.7 Å². The molecule has 5 nitrogen and oxygen atoms in total. The average molecular weight is 303 g/mol. The first kappa shape index (κ1) is 15.2. The van der Waals surface area contributed by atoms with Crippen LogP contribution in [0.3, 0.4) is 0 Å². The van der Waals surface area contributed by atoms with Crippen molar-refractivity contribution >= 4 is 35.5 Å². The average Bonchev–Trinajstić information content (AvgIpc) is 3.00. The molecule has 110 valence electrons. The Morgan fingerprint density at radius 3 is 2.76 bits per heavy atom. The second-order valence-electron chi connectivity index (χ2n) is 4.51. The number of nitrogens with zero attached hydrogens (tertiary/aromatic N) is 3. The monoisotopic (exact) mass is 303 g/mol. The number of aryl methyl sites for hydroxylation is 2. The molecule has 0 aromatic carbocycles. The minimum Gasteiger partial charge on any atom is -0.478 e. The van der Waals surface area contributed by atoms with Crippen LogP contribution in [0.15, 0.2) is 12.3 Å². The first-order chi connectivity index (χ1) is 10.0. The van der Waals surface area contributed by atoms with E-state index in [0.717, 1.165) is 39.5 Å². The predicted octanol–water partition coefficient (Wildman–Crippen LogP) is 3.24. The standard InChI is InChI=1S/C15H17N3O2S/c1-4-18-11(3)13(10(2)17-18)6-7-14-16-9-12(21-14)5-8-15(19)20/h5-9H,4H2,1-3H3,(H,19,20). The van der Waals surface area contributed by atoms with Gasteiger partial charge in [0.05, 0.1) is 5.69 Å². The predicted molar refractivity (Wildman–Crippen MR) is 85.1 cm³/mol. The molecule has 0 spiro atoms. The van der Waals surface area contributed by atoms with Gasteiger partial charge in [-0.3, -0.25) is 4.68 Å². The van der Waals surface area contributed by atoms with E-state index in [2.05, 4.69) is 17.0 Å². The number of carbonyl (C=O) groups is 1. The van der Waals surface area contributed by atoms with Gasteiger partial charge in [0, 0.05) is 35.0 Å². The van der Waals surface area contributed by atoms with Crippen molar-refractivity contribution in [3.63, 3.8) is 0 Å². The highest BCUT2D eigenvalue weighted by atomic mass is 32.1. The number of aromatic nitrogens is 3. The van der Waals surface area contributed by atoms with E-state index in [9.17, 15) is 4.79 Å². The van der Waals surface area contributed by atoms with Crippen molar-refractivity contribution in [3.05, 3.63) is 39.1 Å². The number of carboxylic acids is 1. The van der Waals surface area contributed by atoms with Crippen molar-refractivity contribution in [1.29, 1.82) is 0 Å². The van der Waals surface area contributed by atoms with Gasteiger partial charge in [-0.25, -0.2) is 9.78 Å².